The number of rotatable bonds is 7. The molecule has 0 saturated heterocycles. The summed E-state index contributed by atoms with van der Waals surface area (Å²) in [4.78, 5) is 25.3. The molecule has 29 heavy (non-hydrogen) atoms. The van der Waals surface area contributed by atoms with Gasteiger partial charge >= 0.3 is 5.97 Å². The molecule has 4 nitrogen and oxygen atoms in total. The maximum absolute atomic E-state index is 12.7. The Morgan fingerprint density at radius 2 is 1.45 bits per heavy atom. The van der Waals surface area contributed by atoms with Gasteiger partial charge in [0.25, 0.3) is 5.91 Å². The lowest BCUT2D eigenvalue weighted by Crippen LogP contribution is -2.32. The normalized spacial score (nSPS) is 12.6. The highest BCUT2D eigenvalue weighted by Gasteiger charge is 2.25. The van der Waals surface area contributed by atoms with Gasteiger partial charge in [0.2, 0.25) is 0 Å². The zero-order valence-corrected chi connectivity index (χ0v) is 16.7. The molecule has 1 amide bonds. The Morgan fingerprint density at radius 1 is 0.862 bits per heavy atom. The van der Waals surface area contributed by atoms with Crippen LogP contribution in [0.1, 0.15) is 31.7 Å². The Balaban J connectivity index is 1.69. The number of carbonyl (C=O) groups excluding carboxylic acids is 2. The van der Waals surface area contributed by atoms with Gasteiger partial charge in [-0.25, -0.2) is 0 Å². The van der Waals surface area contributed by atoms with Gasteiger partial charge in [-0.15, -0.1) is 0 Å². The van der Waals surface area contributed by atoms with E-state index in [1.165, 1.54) is 0 Å². The van der Waals surface area contributed by atoms with Crippen LogP contribution in [-0.4, -0.2) is 18.0 Å². The quantitative estimate of drug-likeness (QED) is 0.551. The molecule has 4 heteroatoms. The van der Waals surface area contributed by atoms with Crippen LogP contribution in [0.2, 0.25) is 0 Å². The third-order valence-electron chi connectivity index (χ3n) is 4.83. The number of para-hydroxylation sites is 1. The molecule has 2 atom stereocenters. The van der Waals surface area contributed by atoms with Crippen LogP contribution in [0.3, 0.4) is 0 Å². The molecular formula is C25H25NO3. The fourth-order valence-electron chi connectivity index (χ4n) is 3.23. The fourth-order valence-corrected chi connectivity index (χ4v) is 3.23. The molecule has 0 fully saturated rings. The van der Waals surface area contributed by atoms with E-state index in [0.29, 0.717) is 12.1 Å². The fraction of sp³-hybridized carbons (Fsp3) is 0.200. The van der Waals surface area contributed by atoms with Crippen molar-refractivity contribution in [3.05, 3.63) is 90.5 Å². The van der Waals surface area contributed by atoms with Crippen LogP contribution in [0, 0.1) is 0 Å². The van der Waals surface area contributed by atoms with E-state index in [-0.39, 0.29) is 11.8 Å². The summed E-state index contributed by atoms with van der Waals surface area (Å²) in [6, 6.07) is 26.9. The van der Waals surface area contributed by atoms with Crippen molar-refractivity contribution in [1.82, 2.24) is 0 Å². The molecule has 0 saturated carbocycles. The van der Waals surface area contributed by atoms with Crippen molar-refractivity contribution < 1.29 is 14.3 Å². The van der Waals surface area contributed by atoms with Crippen molar-refractivity contribution in [3.8, 4) is 11.1 Å². The van der Waals surface area contributed by atoms with Gasteiger partial charge in [0.15, 0.2) is 6.10 Å². The van der Waals surface area contributed by atoms with Gasteiger partial charge in [-0.3, -0.25) is 9.59 Å². The molecule has 0 unspecified atom stereocenters. The van der Waals surface area contributed by atoms with Crippen LogP contribution >= 0.6 is 0 Å². The van der Waals surface area contributed by atoms with E-state index in [0.717, 1.165) is 16.7 Å². The van der Waals surface area contributed by atoms with Gasteiger partial charge < -0.3 is 10.1 Å². The monoisotopic (exact) mass is 387 g/mol. The highest BCUT2D eigenvalue weighted by Crippen LogP contribution is 2.28. The van der Waals surface area contributed by atoms with Crippen LogP contribution in [0.5, 0.6) is 0 Å². The lowest BCUT2D eigenvalue weighted by Gasteiger charge is -2.19. The van der Waals surface area contributed by atoms with Crippen molar-refractivity contribution in [2.45, 2.75) is 32.3 Å². The van der Waals surface area contributed by atoms with Crippen LogP contribution < -0.4 is 5.32 Å². The molecule has 148 valence electrons. The molecule has 3 aromatic carbocycles. The number of anilines is 1. The number of esters is 1. The minimum absolute atomic E-state index is 0.357. The largest absolute Gasteiger partial charge is 0.452 e. The molecule has 0 aromatic heterocycles. The van der Waals surface area contributed by atoms with E-state index < -0.39 is 12.1 Å². The maximum Gasteiger partial charge on any atom is 0.314 e. The summed E-state index contributed by atoms with van der Waals surface area (Å²) in [7, 11) is 0. The average molecular weight is 387 g/mol. The Kier molecular flexibility index (Phi) is 6.80. The minimum Gasteiger partial charge on any atom is -0.452 e. The number of carbonyl (C=O) groups is 2. The maximum atomic E-state index is 12.7. The van der Waals surface area contributed by atoms with Crippen molar-refractivity contribution in [2.75, 3.05) is 5.32 Å². The van der Waals surface area contributed by atoms with E-state index in [4.69, 9.17) is 4.74 Å². The van der Waals surface area contributed by atoms with Crippen molar-refractivity contribution in [3.63, 3.8) is 0 Å². The molecular weight excluding hydrogens is 362 g/mol. The molecule has 0 aliphatic carbocycles. The summed E-state index contributed by atoms with van der Waals surface area (Å²) in [6.07, 6.45) is -0.294. The smallest absolute Gasteiger partial charge is 0.314 e. The minimum atomic E-state index is -0.899. The zero-order chi connectivity index (χ0) is 20.6. The molecule has 3 rings (SSSR count). The van der Waals surface area contributed by atoms with E-state index in [2.05, 4.69) is 5.32 Å². The number of ether oxygens (including phenoxy) is 1. The Bertz CT molecular complexity index is 954. The number of hydrogen-bond acceptors (Lipinski definition) is 3. The van der Waals surface area contributed by atoms with Gasteiger partial charge in [0, 0.05) is 11.3 Å². The van der Waals surface area contributed by atoms with Crippen LogP contribution in [0.4, 0.5) is 5.69 Å². The van der Waals surface area contributed by atoms with Crippen molar-refractivity contribution >= 4 is 17.6 Å². The second kappa shape index (κ2) is 9.69. The van der Waals surface area contributed by atoms with Gasteiger partial charge in [0.1, 0.15) is 0 Å². The second-order valence-corrected chi connectivity index (χ2v) is 6.85. The molecule has 0 aliphatic rings. The SMILES string of the molecule is CC[C@H](C(=O)O[C@H](C)C(=O)Nc1ccccc1-c1ccccc1)c1ccccc1. The first-order valence-corrected chi connectivity index (χ1v) is 9.81. The topological polar surface area (TPSA) is 55.4 Å². The Morgan fingerprint density at radius 3 is 2.10 bits per heavy atom. The standard InChI is InChI=1S/C25H25NO3/c1-3-21(19-12-6-4-7-13-19)25(28)29-18(2)24(27)26-23-17-11-10-16-22(23)20-14-8-5-9-15-20/h4-18,21H,3H2,1-2H3,(H,26,27)/t18-,21+/m1/s1. The molecule has 0 heterocycles. The third kappa shape index (κ3) is 5.11. The van der Waals surface area contributed by atoms with Crippen molar-refractivity contribution in [2.24, 2.45) is 0 Å². The van der Waals surface area contributed by atoms with E-state index in [1.807, 2.05) is 91.9 Å². The summed E-state index contributed by atoms with van der Waals surface area (Å²) < 4.78 is 5.49. The van der Waals surface area contributed by atoms with Gasteiger partial charge in [-0.2, -0.15) is 0 Å². The van der Waals surface area contributed by atoms with Gasteiger partial charge in [-0.1, -0.05) is 85.8 Å². The zero-order valence-electron chi connectivity index (χ0n) is 16.7. The Labute approximate surface area is 171 Å². The van der Waals surface area contributed by atoms with Crippen molar-refractivity contribution in [1.29, 1.82) is 0 Å². The van der Waals surface area contributed by atoms with Crippen LogP contribution in [0.25, 0.3) is 11.1 Å². The summed E-state index contributed by atoms with van der Waals surface area (Å²) in [5, 5.41) is 2.89. The second-order valence-electron chi connectivity index (χ2n) is 6.85. The number of benzene rings is 3. The molecule has 0 bridgehead atoms. The first-order valence-electron chi connectivity index (χ1n) is 9.81. The molecule has 0 radical (unpaired) electrons. The summed E-state index contributed by atoms with van der Waals surface area (Å²) >= 11 is 0. The predicted molar refractivity (Wildman–Crippen MR) is 116 cm³/mol. The number of hydrogen-bond donors (Lipinski definition) is 1. The van der Waals surface area contributed by atoms with E-state index in [1.54, 1.807) is 6.92 Å². The van der Waals surface area contributed by atoms with Gasteiger partial charge in [0.05, 0.1) is 5.92 Å². The lowest BCUT2D eigenvalue weighted by molar-refractivity contribution is -0.154. The number of amides is 1. The first kappa shape index (κ1) is 20.3. The first-order chi connectivity index (χ1) is 14.1. The Hall–Kier alpha value is -3.40. The highest BCUT2D eigenvalue weighted by atomic mass is 16.5. The molecule has 0 spiro atoms. The average Bonchev–Trinajstić information content (AvgIpc) is 2.76. The highest BCUT2D eigenvalue weighted by molar-refractivity contribution is 5.98. The summed E-state index contributed by atoms with van der Waals surface area (Å²) in [6.45, 7) is 3.52. The predicted octanol–water partition coefficient (Wildman–Crippen LogP) is 5.42. The van der Waals surface area contributed by atoms with Crippen LogP contribution in [0.15, 0.2) is 84.9 Å². The van der Waals surface area contributed by atoms with Crippen LogP contribution in [-0.2, 0) is 14.3 Å². The summed E-state index contributed by atoms with van der Waals surface area (Å²) in [5.74, 6) is -1.13. The lowest BCUT2D eigenvalue weighted by atomic mass is 9.97. The number of nitrogens with one attached hydrogen (secondary N) is 1. The third-order valence-corrected chi connectivity index (χ3v) is 4.83. The van der Waals surface area contributed by atoms with E-state index in [9.17, 15) is 9.59 Å². The molecule has 0 aliphatic heterocycles. The van der Waals surface area contributed by atoms with E-state index >= 15 is 0 Å². The molecule has 1 N–H and O–H groups in total. The van der Waals surface area contributed by atoms with Gasteiger partial charge in [-0.05, 0) is 30.5 Å². The summed E-state index contributed by atoms with van der Waals surface area (Å²) in [5.41, 5.74) is 3.49. The molecule has 3 aromatic rings.